The van der Waals surface area contributed by atoms with E-state index in [9.17, 15) is 0 Å². The van der Waals surface area contributed by atoms with Crippen LogP contribution in [0.15, 0.2) is 64.5 Å². The summed E-state index contributed by atoms with van der Waals surface area (Å²) >= 11 is 7.65. The molecule has 7 heteroatoms. The predicted octanol–water partition coefficient (Wildman–Crippen LogP) is 4.71. The lowest BCUT2D eigenvalue weighted by molar-refractivity contribution is 0.312. The third-order valence-electron chi connectivity index (χ3n) is 4.90. The number of hydrogen-bond acceptors (Lipinski definition) is 6. The lowest BCUT2D eigenvalue weighted by Crippen LogP contribution is -2.44. The highest BCUT2D eigenvalue weighted by Gasteiger charge is 2.18. The Morgan fingerprint density at radius 1 is 0.931 bits per heavy atom. The van der Waals surface area contributed by atoms with Crippen molar-refractivity contribution in [3.8, 4) is 17.1 Å². The molecule has 0 amide bonds. The molecule has 0 atom stereocenters. The van der Waals surface area contributed by atoms with Gasteiger partial charge in [0.2, 0.25) is 0 Å². The first kappa shape index (κ1) is 20.0. The van der Waals surface area contributed by atoms with Gasteiger partial charge in [0.15, 0.2) is 5.82 Å². The van der Waals surface area contributed by atoms with Crippen LogP contribution in [-0.2, 0) is 0 Å². The van der Waals surface area contributed by atoms with E-state index in [1.807, 2.05) is 48.5 Å². The zero-order valence-electron chi connectivity index (χ0n) is 16.5. The van der Waals surface area contributed by atoms with Gasteiger partial charge in [0.1, 0.15) is 16.6 Å². The molecule has 5 nitrogen and oxygen atoms in total. The number of anilines is 1. The van der Waals surface area contributed by atoms with Crippen LogP contribution in [0.2, 0.25) is 5.02 Å². The number of aromatic nitrogens is 2. The van der Waals surface area contributed by atoms with Gasteiger partial charge in [-0.05, 0) is 55.6 Å². The summed E-state index contributed by atoms with van der Waals surface area (Å²) in [5.41, 5.74) is 0.972. The zero-order valence-corrected chi connectivity index (χ0v) is 18.1. The van der Waals surface area contributed by atoms with Crippen molar-refractivity contribution < 1.29 is 4.74 Å². The average Bonchev–Trinajstić information content (AvgIpc) is 2.76. The van der Waals surface area contributed by atoms with E-state index >= 15 is 0 Å². The van der Waals surface area contributed by atoms with E-state index in [1.165, 1.54) is 0 Å². The smallest absolute Gasteiger partial charge is 0.162 e. The minimum atomic E-state index is 0.723. The Labute approximate surface area is 180 Å². The normalized spacial score (nSPS) is 14.8. The molecule has 1 aliphatic heterocycles. The SMILES string of the molecule is COc1ccc(-c2nc(Sc3ccc(Cl)cc3)cc(N3CCN(C)CC3)n2)cc1. The van der Waals surface area contributed by atoms with Crippen molar-refractivity contribution in [2.75, 3.05) is 45.2 Å². The second kappa shape index (κ2) is 9.03. The second-order valence-corrected chi connectivity index (χ2v) is 8.49. The van der Waals surface area contributed by atoms with Crippen molar-refractivity contribution in [3.05, 3.63) is 59.6 Å². The Hall–Kier alpha value is -2.28. The monoisotopic (exact) mass is 426 g/mol. The van der Waals surface area contributed by atoms with Crippen LogP contribution in [0, 0.1) is 0 Å². The molecule has 1 saturated heterocycles. The van der Waals surface area contributed by atoms with Crippen LogP contribution >= 0.6 is 23.4 Å². The number of likely N-dealkylation sites (N-methyl/N-ethyl adjacent to an activating group) is 1. The number of hydrogen-bond donors (Lipinski definition) is 0. The molecule has 29 heavy (non-hydrogen) atoms. The van der Waals surface area contributed by atoms with Gasteiger partial charge in [0, 0.05) is 47.7 Å². The molecule has 0 aliphatic carbocycles. The van der Waals surface area contributed by atoms with Crippen molar-refractivity contribution in [1.29, 1.82) is 0 Å². The highest BCUT2D eigenvalue weighted by Crippen LogP contribution is 2.32. The van der Waals surface area contributed by atoms with E-state index in [0.29, 0.717) is 0 Å². The van der Waals surface area contributed by atoms with Crippen LogP contribution < -0.4 is 9.64 Å². The molecule has 0 radical (unpaired) electrons. The van der Waals surface area contributed by atoms with Crippen molar-refractivity contribution in [2.24, 2.45) is 0 Å². The molecule has 0 bridgehead atoms. The number of halogens is 1. The minimum absolute atomic E-state index is 0.723. The lowest BCUT2D eigenvalue weighted by Gasteiger charge is -2.33. The topological polar surface area (TPSA) is 41.5 Å². The van der Waals surface area contributed by atoms with Crippen molar-refractivity contribution in [2.45, 2.75) is 9.92 Å². The quantitative estimate of drug-likeness (QED) is 0.550. The molecule has 0 spiro atoms. The highest BCUT2D eigenvalue weighted by atomic mass is 35.5. The van der Waals surface area contributed by atoms with Gasteiger partial charge in [-0.2, -0.15) is 0 Å². The number of methoxy groups -OCH3 is 1. The van der Waals surface area contributed by atoms with Gasteiger partial charge in [0.05, 0.1) is 7.11 Å². The van der Waals surface area contributed by atoms with Crippen molar-refractivity contribution >= 4 is 29.2 Å². The van der Waals surface area contributed by atoms with E-state index in [1.54, 1.807) is 18.9 Å². The van der Waals surface area contributed by atoms with E-state index in [-0.39, 0.29) is 0 Å². The van der Waals surface area contributed by atoms with Gasteiger partial charge in [-0.1, -0.05) is 23.4 Å². The van der Waals surface area contributed by atoms with Gasteiger partial charge in [-0.3, -0.25) is 0 Å². The van der Waals surface area contributed by atoms with E-state index in [0.717, 1.165) is 64.1 Å². The fourth-order valence-corrected chi connectivity index (χ4v) is 4.09. The molecule has 2 heterocycles. The number of piperazine rings is 1. The summed E-state index contributed by atoms with van der Waals surface area (Å²) in [5.74, 6) is 2.51. The molecular formula is C22H23ClN4OS. The van der Waals surface area contributed by atoms with Gasteiger partial charge >= 0.3 is 0 Å². The van der Waals surface area contributed by atoms with Crippen LogP contribution in [0.3, 0.4) is 0 Å². The summed E-state index contributed by atoms with van der Waals surface area (Å²) in [6, 6.07) is 17.8. The number of rotatable bonds is 5. The Morgan fingerprint density at radius 3 is 2.28 bits per heavy atom. The third kappa shape index (κ3) is 5.01. The molecule has 1 aromatic heterocycles. The predicted molar refractivity (Wildman–Crippen MR) is 119 cm³/mol. The van der Waals surface area contributed by atoms with Crippen LogP contribution in [-0.4, -0.2) is 55.2 Å². The first-order valence-corrected chi connectivity index (χ1v) is 10.7. The molecular weight excluding hydrogens is 404 g/mol. The van der Waals surface area contributed by atoms with Gasteiger partial charge in [-0.15, -0.1) is 0 Å². The largest absolute Gasteiger partial charge is 0.497 e. The molecule has 150 valence electrons. The van der Waals surface area contributed by atoms with Crippen molar-refractivity contribution in [1.82, 2.24) is 14.9 Å². The molecule has 0 unspecified atom stereocenters. The Balaban J connectivity index is 1.68. The second-order valence-electron chi connectivity index (χ2n) is 6.96. The molecule has 2 aromatic carbocycles. The first-order valence-electron chi connectivity index (χ1n) is 9.51. The Bertz CT molecular complexity index is 958. The lowest BCUT2D eigenvalue weighted by atomic mass is 10.2. The molecule has 1 aliphatic rings. The first-order chi connectivity index (χ1) is 14.1. The number of nitrogens with zero attached hydrogens (tertiary/aromatic N) is 4. The van der Waals surface area contributed by atoms with Gasteiger partial charge in [-0.25, -0.2) is 9.97 Å². The summed E-state index contributed by atoms with van der Waals surface area (Å²) < 4.78 is 5.28. The Morgan fingerprint density at radius 2 is 1.62 bits per heavy atom. The van der Waals surface area contributed by atoms with E-state index < -0.39 is 0 Å². The van der Waals surface area contributed by atoms with E-state index in [2.05, 4.69) is 22.9 Å². The molecule has 0 N–H and O–H groups in total. The summed E-state index contributed by atoms with van der Waals surface area (Å²) in [6.07, 6.45) is 0. The van der Waals surface area contributed by atoms with E-state index in [4.69, 9.17) is 26.3 Å². The van der Waals surface area contributed by atoms with Crippen LogP contribution in [0.1, 0.15) is 0 Å². The highest BCUT2D eigenvalue weighted by molar-refractivity contribution is 7.99. The number of ether oxygens (including phenoxy) is 1. The summed E-state index contributed by atoms with van der Waals surface area (Å²) in [6.45, 7) is 3.98. The summed E-state index contributed by atoms with van der Waals surface area (Å²) in [4.78, 5) is 15.5. The number of benzene rings is 2. The standard InChI is InChI=1S/C22H23ClN4OS/c1-26-11-13-27(14-12-26)20-15-21(29-19-9-5-17(23)6-10-19)25-22(24-20)16-3-7-18(28-2)8-4-16/h3-10,15H,11-14H2,1-2H3. The minimum Gasteiger partial charge on any atom is -0.497 e. The van der Waals surface area contributed by atoms with Crippen molar-refractivity contribution in [3.63, 3.8) is 0 Å². The van der Waals surface area contributed by atoms with Crippen LogP contribution in [0.5, 0.6) is 5.75 Å². The Kier molecular flexibility index (Phi) is 6.23. The van der Waals surface area contributed by atoms with Crippen LogP contribution in [0.25, 0.3) is 11.4 Å². The zero-order chi connectivity index (χ0) is 20.2. The fraction of sp³-hybridized carbons (Fsp3) is 0.273. The summed E-state index contributed by atoms with van der Waals surface area (Å²) in [5, 5.41) is 1.65. The average molecular weight is 427 g/mol. The maximum absolute atomic E-state index is 6.03. The molecule has 1 fully saturated rings. The maximum Gasteiger partial charge on any atom is 0.162 e. The molecule has 4 rings (SSSR count). The van der Waals surface area contributed by atoms with Gasteiger partial charge in [0.25, 0.3) is 0 Å². The van der Waals surface area contributed by atoms with Crippen LogP contribution in [0.4, 0.5) is 5.82 Å². The van der Waals surface area contributed by atoms with Gasteiger partial charge < -0.3 is 14.5 Å². The fourth-order valence-electron chi connectivity index (χ4n) is 3.16. The molecule has 0 saturated carbocycles. The molecule has 3 aromatic rings. The summed E-state index contributed by atoms with van der Waals surface area (Å²) in [7, 11) is 3.82. The third-order valence-corrected chi connectivity index (χ3v) is 6.08. The maximum atomic E-state index is 6.03.